The first-order valence-electron chi connectivity index (χ1n) is 11.2. The van der Waals surface area contributed by atoms with Crippen molar-refractivity contribution in [1.82, 2.24) is 0 Å². The van der Waals surface area contributed by atoms with Crippen molar-refractivity contribution < 1.29 is 24.9 Å². The molecule has 4 rings (SSSR count). The summed E-state index contributed by atoms with van der Waals surface area (Å²) >= 11 is 0. The van der Waals surface area contributed by atoms with Crippen LogP contribution in [0.25, 0.3) is 0 Å². The van der Waals surface area contributed by atoms with E-state index in [9.17, 15) is 20.1 Å². The van der Waals surface area contributed by atoms with E-state index < -0.39 is 17.6 Å². The summed E-state index contributed by atoms with van der Waals surface area (Å²) in [6, 6.07) is 0. The van der Waals surface area contributed by atoms with E-state index in [1.54, 1.807) is 6.92 Å². The molecule has 0 heterocycles. The lowest BCUT2D eigenvalue weighted by molar-refractivity contribution is -0.194. The Bertz CT molecular complexity index is 614. The Morgan fingerprint density at radius 1 is 1.14 bits per heavy atom. The molecule has 0 aromatic carbocycles. The van der Waals surface area contributed by atoms with Crippen molar-refractivity contribution in [3.05, 3.63) is 0 Å². The molecule has 0 bridgehead atoms. The van der Waals surface area contributed by atoms with Crippen LogP contribution >= 0.6 is 0 Å². The van der Waals surface area contributed by atoms with Gasteiger partial charge in [-0.05, 0) is 73.4 Å². The minimum Gasteiger partial charge on any atom is -0.462 e. The number of aliphatic hydroxyl groups excluding tert-OH is 3. The molecule has 4 aliphatic rings. The number of hydrogen-bond donors (Lipinski definition) is 3. The summed E-state index contributed by atoms with van der Waals surface area (Å²) in [4.78, 5) is 12.0. The number of fused-ring (bicyclic) bond motifs is 5. The molecule has 0 aromatic rings. The fourth-order valence-corrected chi connectivity index (χ4v) is 7.78. The number of hydrogen-bond acceptors (Lipinski definition) is 5. The molecule has 4 aliphatic carbocycles. The average Bonchev–Trinajstić information content (AvgIpc) is 2.95. The van der Waals surface area contributed by atoms with Crippen LogP contribution in [0.2, 0.25) is 5.82 Å². The maximum absolute atomic E-state index is 12.0. The van der Waals surface area contributed by atoms with Crippen molar-refractivity contribution in [2.75, 3.05) is 6.61 Å². The summed E-state index contributed by atoms with van der Waals surface area (Å²) < 4.78 is 5.76. The van der Waals surface area contributed by atoms with Crippen LogP contribution in [0.4, 0.5) is 0 Å². The highest BCUT2D eigenvalue weighted by molar-refractivity contribution is 6.12. The first-order valence-corrected chi connectivity index (χ1v) is 11.2. The Balaban J connectivity index is 1.66. The lowest BCUT2D eigenvalue weighted by Crippen LogP contribution is -2.60. The number of ether oxygens (including phenoxy) is 1. The zero-order chi connectivity index (χ0) is 20.3. The zero-order valence-corrected chi connectivity index (χ0v) is 17.2. The molecule has 2 radical (unpaired) electrons. The molecular weight excluding hydrogens is 355 g/mol. The summed E-state index contributed by atoms with van der Waals surface area (Å²) in [6.07, 6.45) is 4.82. The van der Waals surface area contributed by atoms with Gasteiger partial charge in [0.05, 0.1) is 26.7 Å². The molecule has 0 amide bonds. The second kappa shape index (κ2) is 7.28. The predicted molar refractivity (Wildman–Crippen MR) is 106 cm³/mol. The maximum Gasteiger partial charge on any atom is 0.305 e. The van der Waals surface area contributed by atoms with Gasteiger partial charge in [-0.3, -0.25) is 4.79 Å². The molecule has 156 valence electrons. The summed E-state index contributed by atoms with van der Waals surface area (Å²) in [7, 11) is 6.45. The van der Waals surface area contributed by atoms with E-state index in [-0.39, 0.29) is 41.7 Å². The van der Waals surface area contributed by atoms with E-state index in [4.69, 9.17) is 12.6 Å². The Morgan fingerprint density at radius 3 is 2.57 bits per heavy atom. The van der Waals surface area contributed by atoms with Crippen LogP contribution in [0.3, 0.4) is 0 Å². The quantitative estimate of drug-likeness (QED) is 0.508. The monoisotopic (exact) mass is 390 g/mol. The standard InChI is InChI=1S/C22H35BO5/c1-3-18(27)28-20-16(23)10-15-19-14(5-7-22(15,20)11-24)21(2)6-4-13(25)8-12(21)9-17(19)26/h12-17,19-20,24-26H,3-11H2,1-2H3/t12?,13-,14?,15?,16+,17-,19?,20?,21-,22+/m0/s1. The fourth-order valence-electron chi connectivity index (χ4n) is 7.78. The van der Waals surface area contributed by atoms with E-state index in [0.29, 0.717) is 31.1 Å². The van der Waals surface area contributed by atoms with Gasteiger partial charge in [0, 0.05) is 11.8 Å². The number of carbonyl (C=O) groups excluding carboxylic acids is 1. The molecular formula is C22H35BO5. The van der Waals surface area contributed by atoms with E-state index >= 15 is 0 Å². The highest BCUT2D eigenvalue weighted by atomic mass is 16.5. The lowest BCUT2D eigenvalue weighted by atomic mass is 9.44. The van der Waals surface area contributed by atoms with Gasteiger partial charge in [0.1, 0.15) is 6.10 Å². The van der Waals surface area contributed by atoms with Gasteiger partial charge in [0.15, 0.2) is 0 Å². The molecule has 4 saturated carbocycles. The third kappa shape index (κ3) is 2.89. The Kier molecular flexibility index (Phi) is 5.38. The first-order chi connectivity index (χ1) is 13.3. The van der Waals surface area contributed by atoms with Crippen molar-refractivity contribution >= 4 is 13.8 Å². The minimum absolute atomic E-state index is 0.0537. The molecule has 0 saturated heterocycles. The number of carbonyl (C=O) groups is 1. The van der Waals surface area contributed by atoms with Gasteiger partial charge < -0.3 is 20.1 Å². The molecule has 5 unspecified atom stereocenters. The van der Waals surface area contributed by atoms with Crippen molar-refractivity contribution in [2.45, 2.75) is 89.3 Å². The summed E-state index contributed by atoms with van der Waals surface area (Å²) in [6.45, 7) is 4.07. The van der Waals surface area contributed by atoms with Gasteiger partial charge in [0.25, 0.3) is 0 Å². The van der Waals surface area contributed by atoms with Crippen molar-refractivity contribution in [2.24, 2.45) is 34.5 Å². The van der Waals surface area contributed by atoms with Gasteiger partial charge >= 0.3 is 5.97 Å². The molecule has 0 spiro atoms. The highest BCUT2D eigenvalue weighted by Gasteiger charge is 2.65. The normalized spacial score (nSPS) is 53.0. The van der Waals surface area contributed by atoms with Crippen LogP contribution in [0.1, 0.15) is 65.2 Å². The highest BCUT2D eigenvalue weighted by Crippen LogP contribution is 2.67. The van der Waals surface area contributed by atoms with Gasteiger partial charge in [-0.2, -0.15) is 0 Å². The van der Waals surface area contributed by atoms with Crippen molar-refractivity contribution in [3.63, 3.8) is 0 Å². The van der Waals surface area contributed by atoms with E-state index in [1.165, 1.54) is 0 Å². The molecule has 5 nitrogen and oxygen atoms in total. The first kappa shape index (κ1) is 20.7. The Hall–Kier alpha value is -0.585. The Morgan fingerprint density at radius 2 is 1.89 bits per heavy atom. The molecule has 0 aromatic heterocycles. The van der Waals surface area contributed by atoms with Crippen LogP contribution in [0.15, 0.2) is 0 Å². The zero-order valence-electron chi connectivity index (χ0n) is 17.2. The van der Waals surface area contributed by atoms with Gasteiger partial charge in [-0.1, -0.05) is 20.3 Å². The molecule has 6 heteroatoms. The van der Waals surface area contributed by atoms with Crippen molar-refractivity contribution in [1.29, 1.82) is 0 Å². The second-order valence-electron chi connectivity index (χ2n) is 10.3. The second-order valence-corrected chi connectivity index (χ2v) is 10.3. The molecule has 3 N–H and O–H groups in total. The third-order valence-electron chi connectivity index (χ3n) is 9.23. The molecule has 4 fully saturated rings. The summed E-state index contributed by atoms with van der Waals surface area (Å²) in [5, 5.41) is 31.8. The third-order valence-corrected chi connectivity index (χ3v) is 9.23. The smallest absolute Gasteiger partial charge is 0.305 e. The van der Waals surface area contributed by atoms with Gasteiger partial charge in [-0.25, -0.2) is 0 Å². The van der Waals surface area contributed by atoms with E-state index in [1.807, 2.05) is 0 Å². The van der Waals surface area contributed by atoms with Gasteiger partial charge in [-0.15, -0.1) is 0 Å². The predicted octanol–water partition coefficient (Wildman–Crippen LogP) is 2.22. The number of aliphatic hydroxyl groups is 3. The summed E-state index contributed by atoms with van der Waals surface area (Å²) in [5.74, 6) is 0.296. The largest absolute Gasteiger partial charge is 0.462 e. The fraction of sp³-hybridized carbons (Fsp3) is 0.955. The van der Waals surface area contributed by atoms with Crippen LogP contribution in [0, 0.1) is 34.5 Å². The molecule has 10 atom stereocenters. The molecule has 28 heavy (non-hydrogen) atoms. The SMILES string of the molecule is [B][C@@H]1CC2C3C(CC[C@]2(CO)C1OC(=O)CC)[C@@]1(C)CC[C@H](O)CC1C[C@@H]3O. The van der Waals surface area contributed by atoms with Gasteiger partial charge in [0.2, 0.25) is 0 Å². The lowest BCUT2D eigenvalue weighted by Gasteiger charge is -2.62. The minimum atomic E-state index is -0.538. The summed E-state index contributed by atoms with van der Waals surface area (Å²) in [5.41, 5.74) is -0.420. The molecule has 0 aliphatic heterocycles. The van der Waals surface area contributed by atoms with Crippen LogP contribution in [-0.2, 0) is 9.53 Å². The van der Waals surface area contributed by atoms with Crippen LogP contribution in [0.5, 0.6) is 0 Å². The van der Waals surface area contributed by atoms with E-state index in [2.05, 4.69) is 6.92 Å². The van der Waals surface area contributed by atoms with Crippen LogP contribution < -0.4 is 0 Å². The maximum atomic E-state index is 12.0. The van der Waals surface area contributed by atoms with Crippen LogP contribution in [-0.4, -0.2) is 54.1 Å². The number of esters is 1. The van der Waals surface area contributed by atoms with Crippen molar-refractivity contribution in [3.8, 4) is 0 Å². The average molecular weight is 390 g/mol. The topological polar surface area (TPSA) is 87.0 Å². The Labute approximate surface area is 169 Å². The van der Waals surface area contributed by atoms with E-state index in [0.717, 1.165) is 32.1 Å². The number of rotatable bonds is 3.